The zero-order valence-corrected chi connectivity index (χ0v) is 24.3. The van der Waals surface area contributed by atoms with Crippen LogP contribution in [-0.2, 0) is 19.4 Å². The van der Waals surface area contributed by atoms with Crippen molar-refractivity contribution in [1.82, 2.24) is 15.1 Å². The van der Waals surface area contributed by atoms with Crippen LogP contribution >= 0.6 is 0 Å². The molecule has 0 saturated carbocycles. The summed E-state index contributed by atoms with van der Waals surface area (Å²) in [5, 5.41) is 2.88. The van der Waals surface area contributed by atoms with Gasteiger partial charge in [-0.05, 0) is 55.2 Å². The average molecular weight is 569 g/mol. The molecular formula is C29H36N4O6S. The summed E-state index contributed by atoms with van der Waals surface area (Å²) in [5.74, 6) is -1.33. The van der Waals surface area contributed by atoms with E-state index < -0.39 is 33.9 Å². The van der Waals surface area contributed by atoms with Crippen molar-refractivity contribution < 1.29 is 27.6 Å². The van der Waals surface area contributed by atoms with Gasteiger partial charge in [0.15, 0.2) is 15.6 Å². The third-order valence-corrected chi connectivity index (χ3v) is 8.52. The zero-order chi connectivity index (χ0) is 29.4. The van der Waals surface area contributed by atoms with E-state index in [-0.39, 0.29) is 47.1 Å². The van der Waals surface area contributed by atoms with Crippen LogP contribution in [-0.4, -0.2) is 93.3 Å². The molecule has 3 atom stereocenters. The minimum Gasteiger partial charge on any atom is -0.378 e. The molecule has 2 aromatic rings. The number of anilines is 1. The molecule has 2 aliphatic heterocycles. The summed E-state index contributed by atoms with van der Waals surface area (Å²) in [6.07, 6.45) is 1.87. The van der Waals surface area contributed by atoms with E-state index in [4.69, 9.17) is 0 Å². The lowest BCUT2D eigenvalue weighted by Gasteiger charge is -2.29. The maximum Gasteiger partial charge on any atom is 0.254 e. The summed E-state index contributed by atoms with van der Waals surface area (Å²) in [6.45, 7) is 4.02. The molecule has 3 amide bonds. The van der Waals surface area contributed by atoms with Crippen molar-refractivity contribution in [2.45, 2.75) is 49.7 Å². The van der Waals surface area contributed by atoms with Crippen LogP contribution < -0.4 is 10.2 Å². The first-order valence-electron chi connectivity index (χ1n) is 13.3. The molecule has 2 heterocycles. The highest BCUT2D eigenvalue weighted by Gasteiger charge is 2.52. The van der Waals surface area contributed by atoms with E-state index in [1.54, 1.807) is 18.2 Å². The Hall–Kier alpha value is -3.73. The fourth-order valence-corrected chi connectivity index (χ4v) is 6.09. The van der Waals surface area contributed by atoms with E-state index in [9.17, 15) is 27.6 Å². The molecule has 2 aliphatic rings. The van der Waals surface area contributed by atoms with Crippen molar-refractivity contribution in [3.05, 3.63) is 59.7 Å². The first-order chi connectivity index (χ1) is 18.8. The highest BCUT2D eigenvalue weighted by atomic mass is 32.2. The number of Topliss-reactive ketones (excluding diaryl/α,β-unsaturated/α-hetero) is 1. The van der Waals surface area contributed by atoms with Gasteiger partial charge in [-0.2, -0.15) is 0 Å². The van der Waals surface area contributed by atoms with E-state index in [1.807, 2.05) is 38.9 Å². The lowest BCUT2D eigenvalue weighted by Crippen LogP contribution is -2.53. The third kappa shape index (κ3) is 6.04. The van der Waals surface area contributed by atoms with Crippen molar-refractivity contribution in [3.8, 4) is 0 Å². The van der Waals surface area contributed by atoms with Crippen LogP contribution in [0.5, 0.6) is 0 Å². The number of hydrogen-bond acceptors (Lipinski definition) is 7. The fraction of sp³-hybridized carbons (Fsp3) is 0.448. The smallest absolute Gasteiger partial charge is 0.254 e. The molecule has 0 aromatic heterocycles. The summed E-state index contributed by atoms with van der Waals surface area (Å²) in [7, 11) is 0.237. The average Bonchev–Trinajstić information content (AvgIpc) is 3.48. The topological polar surface area (TPSA) is 124 Å². The minimum atomic E-state index is -3.51. The number of nitrogens with zero attached hydrogens (tertiary/aromatic N) is 3. The monoisotopic (exact) mass is 568 g/mol. The maximum absolute atomic E-state index is 13.8. The normalized spacial score (nSPS) is 19.5. The van der Waals surface area contributed by atoms with Crippen molar-refractivity contribution in [1.29, 1.82) is 0 Å². The standard InChI is InChI=1S/C29H36N4O6S/c1-18(2)14-23(30-27(35)19-8-6-10-21(15-19)31(3)4)29(37)32-13-12-24-26(32)25(34)17-33(24)28(36)20-9-7-11-22(16-20)40(5,38)39/h6-11,15-16,18,23-24,26H,12-14,17H2,1-5H3,(H,30,35)/t23-,24+,26-/m0/s1. The SMILES string of the molecule is CC(C)C[C@H](NC(=O)c1cccc(N(C)C)c1)C(=O)N1CC[C@@H]2[C@H]1C(=O)CN2C(=O)c1cccc(S(C)(=O)=O)c1. The molecule has 214 valence electrons. The highest BCUT2D eigenvalue weighted by Crippen LogP contribution is 2.32. The molecule has 0 radical (unpaired) electrons. The van der Waals surface area contributed by atoms with Gasteiger partial charge in [0, 0.05) is 43.7 Å². The Kier molecular flexibility index (Phi) is 8.34. The van der Waals surface area contributed by atoms with Gasteiger partial charge in [0.25, 0.3) is 11.8 Å². The number of sulfone groups is 1. The van der Waals surface area contributed by atoms with Crippen LogP contribution in [0, 0.1) is 5.92 Å². The van der Waals surface area contributed by atoms with Crippen molar-refractivity contribution in [2.75, 3.05) is 38.3 Å². The first kappa shape index (κ1) is 29.3. The van der Waals surface area contributed by atoms with Crippen LogP contribution in [0.2, 0.25) is 0 Å². The van der Waals surface area contributed by atoms with Gasteiger partial charge in [0.2, 0.25) is 5.91 Å². The predicted octanol–water partition coefficient (Wildman–Crippen LogP) is 2.00. The Morgan fingerprint density at radius 2 is 1.70 bits per heavy atom. The highest BCUT2D eigenvalue weighted by molar-refractivity contribution is 7.90. The van der Waals surface area contributed by atoms with Gasteiger partial charge in [-0.3, -0.25) is 19.2 Å². The number of carbonyl (C=O) groups excluding carboxylic acids is 4. The van der Waals surface area contributed by atoms with Crippen LogP contribution in [0.25, 0.3) is 0 Å². The van der Waals surface area contributed by atoms with Crippen LogP contribution in [0.3, 0.4) is 0 Å². The number of hydrogen-bond donors (Lipinski definition) is 1. The van der Waals surface area contributed by atoms with E-state index in [0.29, 0.717) is 18.4 Å². The van der Waals surface area contributed by atoms with Gasteiger partial charge >= 0.3 is 0 Å². The number of carbonyl (C=O) groups is 4. The second kappa shape index (κ2) is 11.4. The molecule has 0 unspecified atom stereocenters. The Morgan fingerprint density at radius 1 is 1.02 bits per heavy atom. The number of amides is 3. The Bertz CT molecular complexity index is 1440. The molecule has 4 rings (SSSR count). The number of ketones is 1. The van der Waals surface area contributed by atoms with E-state index >= 15 is 0 Å². The summed E-state index contributed by atoms with van der Waals surface area (Å²) in [5.41, 5.74) is 1.45. The van der Waals surface area contributed by atoms with Gasteiger partial charge < -0.3 is 20.0 Å². The number of nitrogens with one attached hydrogen (secondary N) is 1. The molecule has 40 heavy (non-hydrogen) atoms. The van der Waals surface area contributed by atoms with Crippen LogP contribution in [0.1, 0.15) is 47.4 Å². The van der Waals surface area contributed by atoms with Crippen molar-refractivity contribution >= 4 is 39.0 Å². The second-order valence-corrected chi connectivity index (χ2v) is 13.1. The quantitative estimate of drug-likeness (QED) is 0.517. The lowest BCUT2D eigenvalue weighted by atomic mass is 10.0. The van der Waals surface area contributed by atoms with Gasteiger partial charge in [-0.15, -0.1) is 0 Å². The molecule has 0 aliphatic carbocycles. The number of rotatable bonds is 8. The molecule has 2 saturated heterocycles. The van der Waals surface area contributed by atoms with E-state index in [1.165, 1.54) is 34.1 Å². The van der Waals surface area contributed by atoms with Gasteiger partial charge in [-0.1, -0.05) is 26.0 Å². The van der Waals surface area contributed by atoms with Gasteiger partial charge in [0.1, 0.15) is 12.1 Å². The fourth-order valence-electron chi connectivity index (χ4n) is 5.42. The Labute approximate surface area is 235 Å². The van der Waals surface area contributed by atoms with Crippen molar-refractivity contribution in [3.63, 3.8) is 0 Å². The zero-order valence-electron chi connectivity index (χ0n) is 23.5. The first-order valence-corrected chi connectivity index (χ1v) is 15.2. The second-order valence-electron chi connectivity index (χ2n) is 11.1. The number of likely N-dealkylation sites (tertiary alicyclic amines) is 2. The summed E-state index contributed by atoms with van der Waals surface area (Å²) < 4.78 is 24.0. The van der Waals surface area contributed by atoms with Crippen LogP contribution in [0.15, 0.2) is 53.4 Å². The Morgan fingerprint density at radius 3 is 2.35 bits per heavy atom. The minimum absolute atomic E-state index is 0.0204. The predicted molar refractivity (Wildman–Crippen MR) is 151 cm³/mol. The summed E-state index contributed by atoms with van der Waals surface area (Å²) in [4.78, 5) is 58.3. The number of fused-ring (bicyclic) bond motifs is 1. The molecule has 0 bridgehead atoms. The van der Waals surface area contributed by atoms with E-state index in [0.717, 1.165) is 11.9 Å². The molecule has 0 spiro atoms. The summed E-state index contributed by atoms with van der Waals surface area (Å²) in [6, 6.07) is 10.7. The van der Waals surface area contributed by atoms with Gasteiger partial charge in [0.05, 0.1) is 17.5 Å². The van der Waals surface area contributed by atoms with Gasteiger partial charge in [-0.25, -0.2) is 8.42 Å². The molecule has 11 heteroatoms. The molecule has 10 nitrogen and oxygen atoms in total. The third-order valence-electron chi connectivity index (χ3n) is 7.41. The molecular weight excluding hydrogens is 532 g/mol. The summed E-state index contributed by atoms with van der Waals surface area (Å²) >= 11 is 0. The number of benzene rings is 2. The van der Waals surface area contributed by atoms with E-state index in [2.05, 4.69) is 5.32 Å². The van der Waals surface area contributed by atoms with Crippen molar-refractivity contribution in [2.24, 2.45) is 5.92 Å². The Balaban J connectivity index is 1.53. The molecule has 2 fully saturated rings. The molecule has 2 aromatic carbocycles. The largest absolute Gasteiger partial charge is 0.378 e. The molecule has 1 N–H and O–H groups in total. The van der Waals surface area contributed by atoms with Crippen LogP contribution in [0.4, 0.5) is 5.69 Å². The maximum atomic E-state index is 13.8. The lowest BCUT2D eigenvalue weighted by molar-refractivity contribution is -0.138.